The van der Waals surface area contributed by atoms with Crippen LogP contribution in [0.25, 0.3) is 0 Å². The van der Waals surface area contributed by atoms with Crippen molar-refractivity contribution in [2.45, 2.75) is 6.92 Å². The molecule has 20 heavy (non-hydrogen) atoms. The molecule has 104 valence electrons. The Kier molecular flexibility index (Phi) is 4.30. The van der Waals surface area contributed by atoms with Crippen LogP contribution in [0.15, 0.2) is 34.8 Å². The van der Waals surface area contributed by atoms with Gasteiger partial charge in [0.15, 0.2) is 0 Å². The Labute approximate surface area is 129 Å². The number of carbonyl (C=O) groups excluding carboxylic acids is 1. The summed E-state index contributed by atoms with van der Waals surface area (Å²) in [6.45, 7) is 1.77. The molecule has 3 N–H and O–H groups in total. The van der Waals surface area contributed by atoms with Crippen LogP contribution in [-0.4, -0.2) is 5.91 Å². The van der Waals surface area contributed by atoms with E-state index >= 15 is 0 Å². The zero-order valence-electron chi connectivity index (χ0n) is 10.5. The smallest absolute Gasteiger partial charge is 0.257 e. The van der Waals surface area contributed by atoms with Gasteiger partial charge in [0.1, 0.15) is 5.82 Å². The van der Waals surface area contributed by atoms with Crippen molar-refractivity contribution in [3.63, 3.8) is 0 Å². The number of nitrogens with two attached hydrogens (primary N) is 1. The number of aryl methyl sites for hydroxylation is 1. The van der Waals surface area contributed by atoms with Gasteiger partial charge in [-0.3, -0.25) is 4.79 Å². The molecule has 2 rings (SSSR count). The van der Waals surface area contributed by atoms with Gasteiger partial charge in [-0.05, 0) is 58.7 Å². The number of halogens is 3. The summed E-state index contributed by atoms with van der Waals surface area (Å²) in [7, 11) is 0. The van der Waals surface area contributed by atoms with Crippen molar-refractivity contribution in [2.75, 3.05) is 11.1 Å². The van der Waals surface area contributed by atoms with Gasteiger partial charge >= 0.3 is 0 Å². The molecule has 2 aromatic carbocycles. The number of nitrogen functional groups attached to an aromatic ring is 1. The second kappa shape index (κ2) is 5.81. The molecule has 2 aromatic rings. The summed E-state index contributed by atoms with van der Waals surface area (Å²) in [6.07, 6.45) is 0. The molecule has 6 heteroatoms. The largest absolute Gasteiger partial charge is 0.398 e. The second-order valence-electron chi connectivity index (χ2n) is 4.27. The fourth-order valence-corrected chi connectivity index (χ4v) is 2.33. The maximum absolute atomic E-state index is 13.5. The molecule has 0 atom stereocenters. The van der Waals surface area contributed by atoms with Crippen LogP contribution < -0.4 is 11.1 Å². The predicted octanol–water partition coefficient (Wildman–Crippen LogP) is 4.38. The summed E-state index contributed by atoms with van der Waals surface area (Å²) in [4.78, 5) is 12.2. The van der Waals surface area contributed by atoms with Crippen LogP contribution in [0.3, 0.4) is 0 Å². The van der Waals surface area contributed by atoms with Gasteiger partial charge in [-0.2, -0.15) is 0 Å². The number of hydrogen-bond acceptors (Lipinski definition) is 2. The summed E-state index contributed by atoms with van der Waals surface area (Å²) >= 11 is 8.93. The topological polar surface area (TPSA) is 55.1 Å². The van der Waals surface area contributed by atoms with Crippen molar-refractivity contribution >= 4 is 44.8 Å². The van der Waals surface area contributed by atoms with Crippen molar-refractivity contribution in [3.05, 3.63) is 56.8 Å². The van der Waals surface area contributed by atoms with Crippen LogP contribution in [0.1, 0.15) is 15.9 Å². The maximum atomic E-state index is 13.5. The number of benzene rings is 2. The first-order valence-corrected chi connectivity index (χ1v) is 6.87. The molecule has 0 spiro atoms. The van der Waals surface area contributed by atoms with Crippen LogP contribution in [0.5, 0.6) is 0 Å². The number of rotatable bonds is 2. The number of amides is 1. The third-order valence-electron chi connectivity index (χ3n) is 2.78. The van der Waals surface area contributed by atoms with E-state index in [2.05, 4.69) is 21.2 Å². The van der Waals surface area contributed by atoms with Gasteiger partial charge in [-0.15, -0.1) is 0 Å². The normalized spacial score (nSPS) is 10.4. The fourth-order valence-electron chi connectivity index (χ4n) is 1.70. The summed E-state index contributed by atoms with van der Waals surface area (Å²) < 4.78 is 13.9. The molecule has 0 aliphatic rings. The Morgan fingerprint density at radius 1 is 1.35 bits per heavy atom. The van der Waals surface area contributed by atoms with Crippen molar-refractivity contribution in [3.8, 4) is 0 Å². The number of carbonyl (C=O) groups is 1. The number of anilines is 2. The molecule has 0 aromatic heterocycles. The van der Waals surface area contributed by atoms with E-state index in [9.17, 15) is 9.18 Å². The van der Waals surface area contributed by atoms with E-state index in [0.717, 1.165) is 5.56 Å². The molecule has 1 amide bonds. The summed E-state index contributed by atoms with van der Waals surface area (Å²) in [6, 6.07) is 7.45. The van der Waals surface area contributed by atoms with Gasteiger partial charge in [0.25, 0.3) is 5.91 Å². The molecule has 0 unspecified atom stereocenters. The highest BCUT2D eigenvalue weighted by Gasteiger charge is 2.13. The van der Waals surface area contributed by atoms with E-state index in [4.69, 9.17) is 17.3 Å². The van der Waals surface area contributed by atoms with E-state index in [-0.39, 0.29) is 5.56 Å². The summed E-state index contributed by atoms with van der Waals surface area (Å²) in [5.41, 5.74) is 7.41. The van der Waals surface area contributed by atoms with Gasteiger partial charge in [-0.25, -0.2) is 4.39 Å². The summed E-state index contributed by atoms with van der Waals surface area (Å²) in [5.74, 6) is -0.889. The molecule has 0 aliphatic carbocycles. The zero-order chi connectivity index (χ0) is 14.9. The second-order valence-corrected chi connectivity index (χ2v) is 5.56. The SMILES string of the molecule is Cc1cc(Br)c(F)cc1NC(=O)c1cc(Cl)ccc1N. The first-order chi connectivity index (χ1) is 9.38. The Hall–Kier alpha value is -1.59. The molecule has 3 nitrogen and oxygen atoms in total. The third kappa shape index (κ3) is 3.11. The molecular weight excluding hydrogens is 347 g/mol. The lowest BCUT2D eigenvalue weighted by Crippen LogP contribution is -2.15. The highest BCUT2D eigenvalue weighted by molar-refractivity contribution is 9.10. The highest BCUT2D eigenvalue weighted by atomic mass is 79.9. The molecule has 0 bridgehead atoms. The van der Waals surface area contributed by atoms with Crippen LogP contribution in [0, 0.1) is 12.7 Å². The lowest BCUT2D eigenvalue weighted by molar-refractivity contribution is 0.102. The number of nitrogens with one attached hydrogen (secondary N) is 1. The minimum Gasteiger partial charge on any atom is -0.398 e. The van der Waals surface area contributed by atoms with Crippen molar-refractivity contribution in [1.29, 1.82) is 0 Å². The monoisotopic (exact) mass is 356 g/mol. The lowest BCUT2D eigenvalue weighted by atomic mass is 10.1. The third-order valence-corrected chi connectivity index (χ3v) is 3.62. The molecule has 0 heterocycles. The lowest BCUT2D eigenvalue weighted by Gasteiger charge is -2.11. The Morgan fingerprint density at radius 2 is 2.05 bits per heavy atom. The minimum atomic E-state index is -0.454. The Bertz CT molecular complexity index is 691. The van der Waals surface area contributed by atoms with Gasteiger partial charge in [0.2, 0.25) is 0 Å². The van der Waals surface area contributed by atoms with E-state index < -0.39 is 11.7 Å². The molecule has 0 saturated heterocycles. The van der Waals surface area contributed by atoms with E-state index in [1.807, 2.05) is 0 Å². The van der Waals surface area contributed by atoms with E-state index in [0.29, 0.717) is 20.9 Å². The van der Waals surface area contributed by atoms with Gasteiger partial charge in [-0.1, -0.05) is 11.6 Å². The average molecular weight is 358 g/mol. The highest BCUT2D eigenvalue weighted by Crippen LogP contribution is 2.25. The fraction of sp³-hybridized carbons (Fsp3) is 0.0714. The van der Waals surface area contributed by atoms with Crippen molar-refractivity contribution in [2.24, 2.45) is 0 Å². The van der Waals surface area contributed by atoms with Crippen LogP contribution in [0.4, 0.5) is 15.8 Å². The Morgan fingerprint density at radius 3 is 2.75 bits per heavy atom. The minimum absolute atomic E-state index is 0.250. The first-order valence-electron chi connectivity index (χ1n) is 5.70. The molecule has 0 fully saturated rings. The van der Waals surface area contributed by atoms with Crippen molar-refractivity contribution in [1.82, 2.24) is 0 Å². The zero-order valence-corrected chi connectivity index (χ0v) is 12.8. The Balaban J connectivity index is 2.32. The van der Waals surface area contributed by atoms with Gasteiger partial charge in [0, 0.05) is 16.4 Å². The van der Waals surface area contributed by atoms with Crippen LogP contribution >= 0.6 is 27.5 Å². The first kappa shape index (κ1) is 14.8. The van der Waals surface area contributed by atoms with Crippen molar-refractivity contribution < 1.29 is 9.18 Å². The van der Waals surface area contributed by atoms with Gasteiger partial charge in [0.05, 0.1) is 10.0 Å². The number of hydrogen-bond donors (Lipinski definition) is 2. The summed E-state index contributed by atoms with van der Waals surface area (Å²) in [5, 5.41) is 3.03. The van der Waals surface area contributed by atoms with E-state index in [1.165, 1.54) is 12.1 Å². The molecular formula is C14H11BrClFN2O. The molecule has 0 saturated carbocycles. The van der Waals surface area contributed by atoms with Crippen LogP contribution in [0.2, 0.25) is 5.02 Å². The van der Waals surface area contributed by atoms with E-state index in [1.54, 1.807) is 25.1 Å². The standard InChI is InChI=1S/C14H11BrClFN2O/c1-7-4-10(15)11(17)6-13(7)19-14(20)9-5-8(16)2-3-12(9)18/h2-6H,18H2,1H3,(H,19,20). The predicted molar refractivity (Wildman–Crippen MR) is 82.7 cm³/mol. The molecule has 0 aliphatic heterocycles. The average Bonchev–Trinajstić information content (AvgIpc) is 2.38. The quantitative estimate of drug-likeness (QED) is 0.783. The van der Waals surface area contributed by atoms with Gasteiger partial charge < -0.3 is 11.1 Å². The van der Waals surface area contributed by atoms with Crippen LogP contribution in [-0.2, 0) is 0 Å². The molecule has 0 radical (unpaired) electrons. The maximum Gasteiger partial charge on any atom is 0.257 e.